The first kappa shape index (κ1) is 17.9. The number of benzene rings is 1. The van der Waals surface area contributed by atoms with Crippen molar-refractivity contribution in [2.75, 3.05) is 19.7 Å². The van der Waals surface area contributed by atoms with Gasteiger partial charge in [-0.3, -0.25) is 4.79 Å². The molecule has 1 amide bonds. The second-order valence-corrected chi connectivity index (χ2v) is 5.78. The molecule has 5 nitrogen and oxygen atoms in total. The Balaban J connectivity index is 2.34. The van der Waals surface area contributed by atoms with E-state index in [1.54, 1.807) is 6.92 Å². The first-order valence-electron chi connectivity index (χ1n) is 7.02. The van der Waals surface area contributed by atoms with Gasteiger partial charge in [0, 0.05) is 13.1 Å². The smallest absolute Gasteiger partial charge is 0.236 e. The number of aryl methyl sites for hydroxylation is 1. The molecule has 1 aromatic rings. The highest BCUT2D eigenvalue weighted by atomic mass is 79.9. The molecule has 0 heterocycles. The van der Waals surface area contributed by atoms with Crippen molar-refractivity contribution in [3.05, 3.63) is 28.2 Å². The van der Waals surface area contributed by atoms with Crippen molar-refractivity contribution in [2.24, 2.45) is 0 Å². The lowest BCUT2D eigenvalue weighted by Gasteiger charge is -2.17. The van der Waals surface area contributed by atoms with E-state index in [0.29, 0.717) is 18.8 Å². The normalized spacial score (nSPS) is 13.6. The Hall–Kier alpha value is -1.11. The number of likely N-dealkylation sites (N-methyl/N-ethyl adjacent to an activating group) is 1. The van der Waals surface area contributed by atoms with E-state index in [1.165, 1.54) is 0 Å². The van der Waals surface area contributed by atoms with Crippen LogP contribution in [-0.4, -0.2) is 42.9 Å². The number of hydrogen-bond donors (Lipinski definition) is 3. The molecular weight excluding hydrogens is 336 g/mol. The van der Waals surface area contributed by atoms with Gasteiger partial charge < -0.3 is 20.5 Å². The fourth-order valence-electron chi connectivity index (χ4n) is 1.70. The van der Waals surface area contributed by atoms with Crippen molar-refractivity contribution >= 4 is 21.8 Å². The van der Waals surface area contributed by atoms with Crippen LogP contribution in [0.15, 0.2) is 22.7 Å². The Morgan fingerprint density at radius 1 is 1.48 bits per heavy atom. The van der Waals surface area contributed by atoms with E-state index in [1.807, 2.05) is 32.0 Å². The van der Waals surface area contributed by atoms with E-state index >= 15 is 0 Å². The van der Waals surface area contributed by atoms with Crippen molar-refractivity contribution in [1.29, 1.82) is 0 Å². The molecule has 0 fully saturated rings. The minimum Gasteiger partial charge on any atom is -0.490 e. The van der Waals surface area contributed by atoms with E-state index in [4.69, 9.17) is 4.74 Å². The SMILES string of the molecule is CCNC(=O)C(C)NCC(O)COc1ccc(C)cc1Br. The van der Waals surface area contributed by atoms with Gasteiger partial charge in [-0.05, 0) is 54.4 Å². The van der Waals surface area contributed by atoms with Gasteiger partial charge in [0.25, 0.3) is 0 Å². The molecule has 0 saturated carbocycles. The van der Waals surface area contributed by atoms with Crippen LogP contribution in [0.25, 0.3) is 0 Å². The first-order valence-corrected chi connectivity index (χ1v) is 7.81. The van der Waals surface area contributed by atoms with Crippen LogP contribution in [0, 0.1) is 6.92 Å². The number of hydrogen-bond acceptors (Lipinski definition) is 4. The molecule has 0 bridgehead atoms. The van der Waals surface area contributed by atoms with Gasteiger partial charge in [0.05, 0.1) is 10.5 Å². The van der Waals surface area contributed by atoms with Gasteiger partial charge in [0.2, 0.25) is 5.91 Å². The molecule has 0 radical (unpaired) electrons. The molecule has 0 aromatic heterocycles. The molecule has 2 unspecified atom stereocenters. The van der Waals surface area contributed by atoms with Crippen LogP contribution in [0.2, 0.25) is 0 Å². The minimum atomic E-state index is -0.685. The van der Waals surface area contributed by atoms with E-state index in [2.05, 4.69) is 26.6 Å². The Labute approximate surface area is 134 Å². The van der Waals surface area contributed by atoms with E-state index in [9.17, 15) is 9.90 Å². The number of nitrogens with one attached hydrogen (secondary N) is 2. The van der Waals surface area contributed by atoms with E-state index in [-0.39, 0.29) is 18.6 Å². The average molecular weight is 359 g/mol. The van der Waals surface area contributed by atoms with Gasteiger partial charge in [0.15, 0.2) is 0 Å². The summed E-state index contributed by atoms with van der Waals surface area (Å²) >= 11 is 3.42. The molecule has 3 N–H and O–H groups in total. The van der Waals surface area contributed by atoms with Crippen molar-refractivity contribution < 1.29 is 14.6 Å². The summed E-state index contributed by atoms with van der Waals surface area (Å²) < 4.78 is 6.42. The predicted molar refractivity (Wildman–Crippen MR) is 86.5 cm³/mol. The van der Waals surface area contributed by atoms with Gasteiger partial charge in [-0.1, -0.05) is 6.07 Å². The quantitative estimate of drug-likeness (QED) is 0.660. The standard InChI is InChI=1S/C15H23BrN2O3/c1-4-17-15(20)11(3)18-8-12(19)9-21-14-6-5-10(2)7-13(14)16/h5-7,11-12,18-19H,4,8-9H2,1-3H3,(H,17,20). The number of carbonyl (C=O) groups is 1. The zero-order chi connectivity index (χ0) is 15.8. The molecule has 0 spiro atoms. The van der Waals surface area contributed by atoms with Crippen LogP contribution in [0.5, 0.6) is 5.75 Å². The molecule has 0 aliphatic carbocycles. The Bertz CT molecular complexity index is 468. The molecule has 6 heteroatoms. The number of aliphatic hydroxyl groups excluding tert-OH is 1. The lowest BCUT2D eigenvalue weighted by Crippen LogP contribution is -2.45. The summed E-state index contributed by atoms with van der Waals surface area (Å²) in [6.45, 7) is 6.68. The van der Waals surface area contributed by atoms with Gasteiger partial charge in [-0.2, -0.15) is 0 Å². The Morgan fingerprint density at radius 3 is 2.81 bits per heavy atom. The van der Waals surface area contributed by atoms with Gasteiger partial charge in [0.1, 0.15) is 18.5 Å². The van der Waals surface area contributed by atoms with E-state index in [0.717, 1.165) is 10.0 Å². The average Bonchev–Trinajstić information content (AvgIpc) is 2.44. The summed E-state index contributed by atoms with van der Waals surface area (Å²) in [6, 6.07) is 5.42. The molecule has 0 aliphatic heterocycles. The maximum Gasteiger partial charge on any atom is 0.236 e. The second-order valence-electron chi connectivity index (χ2n) is 4.92. The maximum atomic E-state index is 11.5. The van der Waals surface area contributed by atoms with Gasteiger partial charge in [-0.15, -0.1) is 0 Å². The zero-order valence-corrected chi connectivity index (χ0v) is 14.2. The largest absolute Gasteiger partial charge is 0.490 e. The van der Waals surface area contributed by atoms with Crippen molar-refractivity contribution in [3.63, 3.8) is 0 Å². The van der Waals surface area contributed by atoms with Crippen molar-refractivity contribution in [3.8, 4) is 5.75 Å². The summed E-state index contributed by atoms with van der Waals surface area (Å²) in [5.41, 5.74) is 1.13. The zero-order valence-electron chi connectivity index (χ0n) is 12.6. The van der Waals surface area contributed by atoms with Crippen molar-refractivity contribution in [1.82, 2.24) is 10.6 Å². The lowest BCUT2D eigenvalue weighted by atomic mass is 10.2. The topological polar surface area (TPSA) is 70.6 Å². The van der Waals surface area contributed by atoms with E-state index < -0.39 is 6.10 Å². The molecule has 0 saturated heterocycles. The molecule has 2 atom stereocenters. The number of ether oxygens (including phenoxy) is 1. The number of halogens is 1. The predicted octanol–water partition coefficient (Wildman–Crippen LogP) is 1.61. The first-order chi connectivity index (χ1) is 9.93. The summed E-state index contributed by atoms with van der Waals surface area (Å²) in [5.74, 6) is 0.614. The Kier molecular flexibility index (Phi) is 7.71. The summed E-state index contributed by atoms with van der Waals surface area (Å²) in [7, 11) is 0. The molecule has 0 aliphatic rings. The summed E-state index contributed by atoms with van der Waals surface area (Å²) in [4.78, 5) is 11.5. The molecular formula is C15H23BrN2O3. The third-order valence-electron chi connectivity index (χ3n) is 2.92. The van der Waals surface area contributed by atoms with Gasteiger partial charge >= 0.3 is 0 Å². The van der Waals surface area contributed by atoms with Crippen molar-refractivity contribution in [2.45, 2.75) is 32.9 Å². The van der Waals surface area contributed by atoms with Crippen LogP contribution >= 0.6 is 15.9 Å². The van der Waals surface area contributed by atoms with Crippen LogP contribution < -0.4 is 15.4 Å². The summed E-state index contributed by atoms with van der Waals surface area (Å²) in [6.07, 6.45) is -0.685. The second kappa shape index (κ2) is 9.02. The minimum absolute atomic E-state index is 0.0769. The third-order valence-corrected chi connectivity index (χ3v) is 3.54. The Morgan fingerprint density at radius 2 is 2.19 bits per heavy atom. The molecule has 118 valence electrons. The van der Waals surface area contributed by atoms with Crippen LogP contribution in [-0.2, 0) is 4.79 Å². The maximum absolute atomic E-state index is 11.5. The molecule has 1 aromatic carbocycles. The third kappa shape index (κ3) is 6.46. The highest BCUT2D eigenvalue weighted by Gasteiger charge is 2.13. The monoisotopic (exact) mass is 358 g/mol. The van der Waals surface area contributed by atoms with Crippen LogP contribution in [0.4, 0.5) is 0 Å². The van der Waals surface area contributed by atoms with Gasteiger partial charge in [-0.25, -0.2) is 0 Å². The van der Waals surface area contributed by atoms with Crippen LogP contribution in [0.1, 0.15) is 19.4 Å². The van der Waals surface area contributed by atoms with Crippen LogP contribution in [0.3, 0.4) is 0 Å². The highest BCUT2D eigenvalue weighted by Crippen LogP contribution is 2.25. The molecule has 21 heavy (non-hydrogen) atoms. The number of amides is 1. The highest BCUT2D eigenvalue weighted by molar-refractivity contribution is 9.10. The summed E-state index contributed by atoms with van der Waals surface area (Å²) in [5, 5.41) is 15.6. The molecule has 1 rings (SSSR count). The lowest BCUT2D eigenvalue weighted by molar-refractivity contribution is -0.122. The fraction of sp³-hybridized carbons (Fsp3) is 0.533. The fourth-order valence-corrected chi connectivity index (χ4v) is 2.31. The number of rotatable bonds is 8. The number of aliphatic hydroxyl groups is 1. The number of carbonyl (C=O) groups excluding carboxylic acids is 1.